The molecule has 0 radical (unpaired) electrons. The van der Waals surface area contributed by atoms with E-state index in [9.17, 15) is 0 Å². The van der Waals surface area contributed by atoms with Crippen LogP contribution in [0.4, 0.5) is 0 Å². The molecule has 2 aliphatic carbocycles. The summed E-state index contributed by atoms with van der Waals surface area (Å²) in [5, 5.41) is 0. The first-order valence-electron chi connectivity index (χ1n) is 12.4. The van der Waals surface area contributed by atoms with Gasteiger partial charge in [-0.3, -0.25) is 0 Å². The molecule has 2 heteroatoms. The minimum absolute atomic E-state index is 0.186. The van der Waals surface area contributed by atoms with Crippen LogP contribution < -0.4 is 0 Å². The summed E-state index contributed by atoms with van der Waals surface area (Å²) >= 11 is -1.94. The second kappa shape index (κ2) is 8.99. The van der Waals surface area contributed by atoms with Crippen LogP contribution in [0.2, 0.25) is 12.1 Å². The van der Waals surface area contributed by atoms with Gasteiger partial charge in [0.25, 0.3) is 0 Å². The first-order valence-corrected chi connectivity index (χ1v) is 20.7. The van der Waals surface area contributed by atoms with Crippen molar-refractivity contribution < 1.29 is 20.4 Å². The van der Waals surface area contributed by atoms with Gasteiger partial charge < -0.3 is 0 Å². The average molecular weight is 520 g/mol. The van der Waals surface area contributed by atoms with Crippen LogP contribution in [0.3, 0.4) is 0 Å². The van der Waals surface area contributed by atoms with Crippen LogP contribution in [0.25, 0.3) is 11.1 Å². The van der Waals surface area contributed by atoms with Crippen LogP contribution in [0.15, 0.2) is 57.9 Å². The maximum atomic E-state index is 2.62. The molecule has 0 unspecified atom stereocenters. The number of allylic oxidation sites excluding steroid dienone is 4. The SMILES string of the molecule is CC[Si](CC)=[Zr]([C]1=CC=CC1)[CH]1c2cc(C(C)(C)C)ccc2-c2ccc(C(C)(C)C)cc21. The molecule has 4 rings (SSSR count). The van der Waals surface area contributed by atoms with Crippen LogP contribution in [0.1, 0.15) is 87.7 Å². The van der Waals surface area contributed by atoms with Crippen LogP contribution in [0.5, 0.6) is 0 Å². The first-order chi connectivity index (χ1) is 15.1. The Morgan fingerprint density at radius 2 is 1.31 bits per heavy atom. The van der Waals surface area contributed by atoms with E-state index in [2.05, 4.69) is 110 Å². The van der Waals surface area contributed by atoms with Crippen molar-refractivity contribution in [3.05, 3.63) is 80.2 Å². The molecule has 168 valence electrons. The van der Waals surface area contributed by atoms with Gasteiger partial charge in [-0.25, -0.2) is 0 Å². The van der Waals surface area contributed by atoms with Crippen LogP contribution in [-0.4, -0.2) is 5.43 Å². The number of benzene rings is 2. The number of hydrogen-bond donors (Lipinski definition) is 0. The van der Waals surface area contributed by atoms with Gasteiger partial charge in [0.15, 0.2) is 0 Å². The van der Waals surface area contributed by atoms with Crippen molar-refractivity contribution in [1.82, 2.24) is 0 Å². The monoisotopic (exact) mass is 518 g/mol. The van der Waals surface area contributed by atoms with Crippen molar-refractivity contribution in [2.24, 2.45) is 0 Å². The van der Waals surface area contributed by atoms with E-state index in [1.165, 1.54) is 40.8 Å². The Morgan fingerprint density at radius 3 is 1.69 bits per heavy atom. The number of hydrogen-bond acceptors (Lipinski definition) is 0. The van der Waals surface area contributed by atoms with Gasteiger partial charge in [0.1, 0.15) is 0 Å². The van der Waals surface area contributed by atoms with Gasteiger partial charge in [-0.2, -0.15) is 0 Å². The normalized spacial score (nSPS) is 15.6. The molecule has 0 saturated carbocycles. The molecule has 0 saturated heterocycles. The topological polar surface area (TPSA) is 0 Å². The minimum atomic E-state index is -1.94. The second-order valence-electron chi connectivity index (χ2n) is 11.6. The molecule has 2 aliphatic rings. The maximum absolute atomic E-state index is 2.62. The summed E-state index contributed by atoms with van der Waals surface area (Å²) in [4.78, 5) is 0. The molecule has 2 aromatic rings. The van der Waals surface area contributed by atoms with Gasteiger partial charge in [-0.05, 0) is 0 Å². The van der Waals surface area contributed by atoms with Crippen LogP contribution in [0, 0.1) is 0 Å². The number of rotatable bonds is 4. The summed E-state index contributed by atoms with van der Waals surface area (Å²) in [5.41, 5.74) is 9.43. The van der Waals surface area contributed by atoms with E-state index in [0.717, 1.165) is 0 Å². The molecule has 32 heavy (non-hydrogen) atoms. The van der Waals surface area contributed by atoms with Crippen molar-refractivity contribution in [3.63, 3.8) is 0 Å². The first kappa shape index (κ1) is 24.2. The Balaban J connectivity index is 2.03. The summed E-state index contributed by atoms with van der Waals surface area (Å²) in [6, 6.07) is 17.8. The summed E-state index contributed by atoms with van der Waals surface area (Å²) in [6.07, 6.45) is 8.51. The summed E-state index contributed by atoms with van der Waals surface area (Å²) < 4.78 is 2.56. The summed E-state index contributed by atoms with van der Waals surface area (Å²) in [7, 11) is 0. The molecule has 0 heterocycles. The third kappa shape index (κ3) is 4.39. The average Bonchev–Trinajstić information content (AvgIpc) is 3.36. The van der Waals surface area contributed by atoms with Crippen LogP contribution in [-0.2, 0) is 31.2 Å². The molecule has 0 aromatic heterocycles. The fraction of sp³-hybridized carbons (Fsp3) is 0.467. The standard InChI is InChI=1S/C21H25.C5H5.C4H10Si.Zr/c1-20(2,3)16-7-9-18-14(12-16)11-15-13-17(21(4,5)6)8-10-19(15)18;1-2-4-5-3-1;1-3-5-4-2;/h7-13H,1-6H3;1-3H,4H2;3-4H2,1-2H3;. The van der Waals surface area contributed by atoms with E-state index in [0.29, 0.717) is 3.63 Å². The Hall–Kier alpha value is -0.980. The zero-order valence-electron chi connectivity index (χ0n) is 21.4. The van der Waals surface area contributed by atoms with Crippen molar-refractivity contribution in [2.75, 3.05) is 0 Å². The third-order valence-corrected chi connectivity index (χ3v) is 29.9. The van der Waals surface area contributed by atoms with Gasteiger partial charge in [0, 0.05) is 0 Å². The molecule has 0 aliphatic heterocycles. The van der Waals surface area contributed by atoms with Crippen molar-refractivity contribution in [3.8, 4) is 11.1 Å². The van der Waals surface area contributed by atoms with E-state index < -0.39 is 20.4 Å². The molecule has 0 N–H and O–H groups in total. The molecule has 0 fully saturated rings. The van der Waals surface area contributed by atoms with Gasteiger partial charge in [-0.15, -0.1) is 0 Å². The van der Waals surface area contributed by atoms with Gasteiger partial charge in [-0.1, -0.05) is 0 Å². The zero-order valence-corrected chi connectivity index (χ0v) is 24.9. The molecule has 0 bridgehead atoms. The van der Waals surface area contributed by atoms with Crippen molar-refractivity contribution >= 4 is 5.43 Å². The Morgan fingerprint density at radius 1 is 0.812 bits per heavy atom. The second-order valence-corrected chi connectivity index (χ2v) is 27.6. The van der Waals surface area contributed by atoms with E-state index in [1.54, 1.807) is 11.1 Å². The van der Waals surface area contributed by atoms with Crippen molar-refractivity contribution in [1.29, 1.82) is 0 Å². The number of fused-ring (bicyclic) bond motifs is 3. The third-order valence-electron chi connectivity index (χ3n) is 7.39. The predicted octanol–water partition coefficient (Wildman–Crippen LogP) is 8.84. The van der Waals surface area contributed by atoms with E-state index in [1.807, 2.05) is 3.28 Å². The molecular weight excluding hydrogens is 480 g/mol. The van der Waals surface area contributed by atoms with Crippen LogP contribution >= 0.6 is 0 Å². The predicted molar refractivity (Wildman–Crippen MR) is 140 cm³/mol. The van der Waals surface area contributed by atoms with Gasteiger partial charge >= 0.3 is 205 Å². The fourth-order valence-electron chi connectivity index (χ4n) is 5.40. The van der Waals surface area contributed by atoms with Crippen molar-refractivity contribution in [2.45, 2.75) is 88.4 Å². The molecule has 0 amide bonds. The fourth-order valence-corrected chi connectivity index (χ4v) is 27.6. The van der Waals surface area contributed by atoms with E-state index >= 15 is 0 Å². The summed E-state index contributed by atoms with van der Waals surface area (Å²) in [6.45, 7) is 19.1. The quantitative estimate of drug-likeness (QED) is 0.354. The Labute approximate surface area is 204 Å². The Kier molecular flexibility index (Phi) is 6.79. The molecule has 0 spiro atoms. The Bertz CT molecular complexity index is 1060. The van der Waals surface area contributed by atoms with Gasteiger partial charge in [0.2, 0.25) is 0 Å². The molecule has 0 nitrogen and oxygen atoms in total. The summed E-state index contributed by atoms with van der Waals surface area (Å²) in [5.74, 6) is 0. The molecule has 2 aromatic carbocycles. The molecular formula is C30H40SiZr. The van der Waals surface area contributed by atoms with E-state index in [4.69, 9.17) is 0 Å². The van der Waals surface area contributed by atoms with E-state index in [-0.39, 0.29) is 16.3 Å². The zero-order chi connectivity index (χ0) is 23.3. The molecule has 0 atom stereocenters. The van der Waals surface area contributed by atoms with Gasteiger partial charge in [0.05, 0.1) is 0 Å².